The zero-order chi connectivity index (χ0) is 31.4. The maximum absolute atomic E-state index is 13.9. The normalized spacial score (nSPS) is 21.6. The lowest BCUT2D eigenvalue weighted by atomic mass is 9.96. The standard InChI is InChI=1S/C33H37N3O7S/c1-33(2)30(31(41)35-28-22-13-7-6-12-21(22)17-25(28)38)36(19-44-33)32(42)29(40)23(16-20-10-4-3-5-11-20)34-27(39)18-43-26-15-9-8-14-24(26)37/h3-15,23,25,28-30,37-38,40H,16-19H2,1-2H3,(H,34,39)(H,35,41). The Labute approximate surface area is 260 Å². The summed E-state index contributed by atoms with van der Waals surface area (Å²) in [5.41, 5.74) is 2.58. The van der Waals surface area contributed by atoms with E-state index >= 15 is 0 Å². The van der Waals surface area contributed by atoms with Crippen molar-refractivity contribution >= 4 is 29.5 Å². The maximum atomic E-state index is 13.9. The number of aromatic hydroxyl groups is 1. The smallest absolute Gasteiger partial charge is 0.258 e. The van der Waals surface area contributed by atoms with E-state index in [1.165, 1.54) is 28.8 Å². The lowest BCUT2D eigenvalue weighted by molar-refractivity contribution is -0.148. The minimum Gasteiger partial charge on any atom is -0.504 e. The van der Waals surface area contributed by atoms with Crippen LogP contribution in [-0.4, -0.2) is 79.5 Å². The van der Waals surface area contributed by atoms with E-state index in [1.807, 2.05) is 68.4 Å². The molecule has 5 N–H and O–H groups in total. The third-order valence-corrected chi connectivity index (χ3v) is 9.46. The van der Waals surface area contributed by atoms with Crippen LogP contribution in [0.15, 0.2) is 78.9 Å². The molecule has 3 aromatic carbocycles. The number of thioether (sulfide) groups is 1. The molecule has 1 heterocycles. The van der Waals surface area contributed by atoms with Gasteiger partial charge in [0.25, 0.3) is 11.8 Å². The largest absolute Gasteiger partial charge is 0.504 e. The number of aliphatic hydroxyl groups excluding tert-OH is 2. The topological polar surface area (TPSA) is 148 Å². The molecule has 5 rings (SSSR count). The van der Waals surface area contributed by atoms with Crippen molar-refractivity contribution in [3.8, 4) is 11.5 Å². The summed E-state index contributed by atoms with van der Waals surface area (Å²) in [6.45, 7) is 3.27. The van der Waals surface area contributed by atoms with Gasteiger partial charge in [0.15, 0.2) is 24.2 Å². The van der Waals surface area contributed by atoms with Gasteiger partial charge in [-0.25, -0.2) is 0 Å². The van der Waals surface area contributed by atoms with Crippen molar-refractivity contribution in [1.29, 1.82) is 0 Å². The van der Waals surface area contributed by atoms with Gasteiger partial charge in [-0.15, -0.1) is 11.8 Å². The van der Waals surface area contributed by atoms with Gasteiger partial charge in [-0.3, -0.25) is 14.4 Å². The highest BCUT2D eigenvalue weighted by atomic mass is 32.2. The summed E-state index contributed by atoms with van der Waals surface area (Å²) < 4.78 is 4.76. The van der Waals surface area contributed by atoms with E-state index in [2.05, 4.69) is 10.6 Å². The summed E-state index contributed by atoms with van der Waals surface area (Å²) in [4.78, 5) is 42.0. The molecule has 2 aliphatic rings. The van der Waals surface area contributed by atoms with E-state index in [0.717, 1.165) is 16.7 Å². The molecule has 5 unspecified atom stereocenters. The van der Waals surface area contributed by atoms with Gasteiger partial charge < -0.3 is 35.6 Å². The Morgan fingerprint density at radius 1 is 1.02 bits per heavy atom. The molecule has 0 aromatic heterocycles. The third kappa shape index (κ3) is 6.85. The van der Waals surface area contributed by atoms with Crippen molar-refractivity contribution in [2.24, 2.45) is 0 Å². The second-order valence-corrected chi connectivity index (χ2v) is 13.2. The van der Waals surface area contributed by atoms with Crippen molar-refractivity contribution in [3.63, 3.8) is 0 Å². The number of fused-ring (bicyclic) bond motifs is 1. The Morgan fingerprint density at radius 2 is 1.70 bits per heavy atom. The minimum absolute atomic E-state index is 0.122. The number of phenols is 1. The molecule has 1 fully saturated rings. The summed E-state index contributed by atoms with van der Waals surface area (Å²) in [6.07, 6.45) is -1.91. The van der Waals surface area contributed by atoms with Crippen LogP contribution in [0, 0.1) is 0 Å². The SMILES string of the molecule is CC1(C)SCN(C(=O)C(O)C(Cc2ccccc2)NC(=O)COc2ccccc2O)C1C(=O)NC1c2ccccc2CC1O. The number of rotatable bonds is 10. The van der Waals surface area contributed by atoms with Gasteiger partial charge in [0.2, 0.25) is 5.91 Å². The van der Waals surface area contributed by atoms with Crippen LogP contribution >= 0.6 is 11.8 Å². The van der Waals surface area contributed by atoms with Crippen molar-refractivity contribution in [2.45, 2.75) is 61.8 Å². The van der Waals surface area contributed by atoms with Crippen molar-refractivity contribution in [3.05, 3.63) is 95.6 Å². The number of benzene rings is 3. The van der Waals surface area contributed by atoms with Crippen LogP contribution in [0.4, 0.5) is 0 Å². The number of nitrogens with one attached hydrogen (secondary N) is 2. The number of hydrogen-bond acceptors (Lipinski definition) is 8. The first kappa shape index (κ1) is 31.4. The predicted octanol–water partition coefficient (Wildman–Crippen LogP) is 2.31. The molecule has 3 aromatic rings. The van der Waals surface area contributed by atoms with Crippen LogP contribution in [0.1, 0.15) is 36.6 Å². The molecule has 1 saturated heterocycles. The van der Waals surface area contributed by atoms with E-state index in [4.69, 9.17) is 4.74 Å². The van der Waals surface area contributed by atoms with Crippen LogP contribution in [0.5, 0.6) is 11.5 Å². The van der Waals surface area contributed by atoms with Gasteiger partial charge in [-0.05, 0) is 49.1 Å². The highest BCUT2D eigenvalue weighted by molar-refractivity contribution is 8.00. The Hall–Kier alpha value is -4.06. The first-order chi connectivity index (χ1) is 21.0. The second-order valence-electron chi connectivity index (χ2n) is 11.6. The molecule has 10 nitrogen and oxygen atoms in total. The summed E-state index contributed by atoms with van der Waals surface area (Å²) in [6, 6.07) is 20.3. The van der Waals surface area contributed by atoms with Gasteiger partial charge in [-0.1, -0.05) is 66.7 Å². The molecule has 0 spiro atoms. The summed E-state index contributed by atoms with van der Waals surface area (Å²) >= 11 is 1.41. The van der Waals surface area contributed by atoms with Crippen LogP contribution in [0.2, 0.25) is 0 Å². The molecular weight excluding hydrogens is 582 g/mol. The average molecular weight is 620 g/mol. The molecule has 5 atom stereocenters. The highest BCUT2D eigenvalue weighted by Crippen LogP contribution is 2.41. The Bertz CT molecular complexity index is 1500. The Balaban J connectivity index is 1.32. The van der Waals surface area contributed by atoms with E-state index in [9.17, 15) is 29.7 Å². The Kier molecular flexibility index (Phi) is 9.48. The monoisotopic (exact) mass is 619 g/mol. The quantitative estimate of drug-likeness (QED) is 0.232. The summed E-state index contributed by atoms with van der Waals surface area (Å²) in [5, 5.41) is 37.8. The first-order valence-corrected chi connectivity index (χ1v) is 15.5. The maximum Gasteiger partial charge on any atom is 0.258 e. The fourth-order valence-corrected chi connectivity index (χ4v) is 6.96. The number of carbonyl (C=O) groups is 3. The van der Waals surface area contributed by atoms with Gasteiger partial charge in [0, 0.05) is 11.2 Å². The van der Waals surface area contributed by atoms with Gasteiger partial charge in [0.05, 0.1) is 24.1 Å². The number of carbonyl (C=O) groups excluding carboxylic acids is 3. The molecule has 0 radical (unpaired) electrons. The molecule has 1 aliphatic carbocycles. The molecule has 232 valence electrons. The number of nitrogens with zero attached hydrogens (tertiary/aromatic N) is 1. The molecular formula is C33H37N3O7S. The lowest BCUT2D eigenvalue weighted by Crippen LogP contribution is -2.59. The molecule has 0 saturated carbocycles. The first-order valence-electron chi connectivity index (χ1n) is 14.5. The second kappa shape index (κ2) is 13.3. The summed E-state index contributed by atoms with van der Waals surface area (Å²) in [5.74, 6) is -1.56. The molecule has 0 bridgehead atoms. The van der Waals surface area contributed by atoms with Crippen molar-refractivity contribution in [2.75, 3.05) is 12.5 Å². The Morgan fingerprint density at radius 3 is 2.45 bits per heavy atom. The highest BCUT2D eigenvalue weighted by Gasteiger charge is 2.50. The van der Waals surface area contributed by atoms with Crippen molar-refractivity contribution in [1.82, 2.24) is 15.5 Å². The van der Waals surface area contributed by atoms with Crippen LogP contribution in [-0.2, 0) is 27.2 Å². The molecule has 44 heavy (non-hydrogen) atoms. The van der Waals surface area contributed by atoms with Gasteiger partial charge >= 0.3 is 0 Å². The zero-order valence-electron chi connectivity index (χ0n) is 24.6. The lowest BCUT2D eigenvalue weighted by Gasteiger charge is -2.34. The van der Waals surface area contributed by atoms with E-state index in [0.29, 0.717) is 6.42 Å². The number of ether oxygens (including phenoxy) is 1. The fourth-order valence-electron chi connectivity index (χ4n) is 5.82. The van der Waals surface area contributed by atoms with Gasteiger partial charge in [-0.2, -0.15) is 0 Å². The molecule has 3 amide bonds. The van der Waals surface area contributed by atoms with Crippen LogP contribution in [0.3, 0.4) is 0 Å². The van der Waals surface area contributed by atoms with E-state index in [-0.39, 0.29) is 23.8 Å². The average Bonchev–Trinajstić information content (AvgIpc) is 3.50. The number of aliphatic hydroxyl groups is 2. The third-order valence-electron chi connectivity index (χ3n) is 8.08. The van der Waals surface area contributed by atoms with Crippen molar-refractivity contribution < 1.29 is 34.4 Å². The molecule has 1 aliphatic heterocycles. The number of para-hydroxylation sites is 2. The van der Waals surface area contributed by atoms with E-state index < -0.39 is 59.4 Å². The van der Waals surface area contributed by atoms with Crippen LogP contribution < -0.4 is 15.4 Å². The number of hydrogen-bond donors (Lipinski definition) is 5. The molecule has 11 heteroatoms. The van der Waals surface area contributed by atoms with Crippen LogP contribution in [0.25, 0.3) is 0 Å². The predicted molar refractivity (Wildman–Crippen MR) is 166 cm³/mol. The minimum atomic E-state index is -1.67. The number of amides is 3. The number of phenolic OH excluding ortho intramolecular Hbond substituents is 1. The summed E-state index contributed by atoms with van der Waals surface area (Å²) in [7, 11) is 0. The zero-order valence-corrected chi connectivity index (χ0v) is 25.4. The van der Waals surface area contributed by atoms with Gasteiger partial charge in [0.1, 0.15) is 6.04 Å². The van der Waals surface area contributed by atoms with E-state index in [1.54, 1.807) is 12.1 Å². The fraction of sp³-hybridized carbons (Fsp3) is 0.364.